The molecule has 2 fully saturated rings. The van der Waals surface area contributed by atoms with Crippen molar-refractivity contribution in [3.8, 4) is 0 Å². The van der Waals surface area contributed by atoms with Gasteiger partial charge in [-0.3, -0.25) is 0 Å². The van der Waals surface area contributed by atoms with Crippen molar-refractivity contribution in [2.45, 2.75) is 51.0 Å². The van der Waals surface area contributed by atoms with Gasteiger partial charge in [-0.05, 0) is 48.1 Å². The Morgan fingerprint density at radius 3 is 2.57 bits per heavy atom. The maximum absolute atomic E-state index is 12.6. The Morgan fingerprint density at radius 1 is 1.33 bits per heavy atom. The van der Waals surface area contributed by atoms with E-state index in [2.05, 4.69) is 30.5 Å². The monoisotopic (exact) mass is 309 g/mol. The molecule has 1 aromatic rings. The molecule has 0 spiro atoms. The molecule has 2 aliphatic carbocycles. The number of hydrogen-bond donors (Lipinski definition) is 2. The number of fused-ring (bicyclic) bond motifs is 2. The van der Waals surface area contributed by atoms with E-state index in [0.29, 0.717) is 11.7 Å². The van der Waals surface area contributed by atoms with Crippen LogP contribution >= 0.6 is 0 Å². The lowest BCUT2D eigenvalue weighted by Gasteiger charge is -2.42. The van der Waals surface area contributed by atoms with Gasteiger partial charge in [0.2, 0.25) is 10.0 Å². The summed E-state index contributed by atoms with van der Waals surface area (Å²) in [6.07, 6.45) is 4.72. The van der Waals surface area contributed by atoms with Crippen LogP contribution in [0.5, 0.6) is 0 Å². The predicted molar refractivity (Wildman–Crippen MR) is 82.0 cm³/mol. The molecule has 3 unspecified atom stereocenters. The molecule has 6 heteroatoms. The fourth-order valence-electron chi connectivity index (χ4n) is 4.37. The second kappa shape index (κ2) is 4.43. The number of aromatic nitrogens is 1. The van der Waals surface area contributed by atoms with Gasteiger partial charge in [-0.25, -0.2) is 18.1 Å². The highest BCUT2D eigenvalue weighted by Crippen LogP contribution is 2.62. The molecule has 3 N–H and O–H groups in total. The topological polar surface area (TPSA) is 85.1 Å². The average molecular weight is 309 g/mol. The molecule has 2 aliphatic rings. The number of rotatable bonds is 3. The fourth-order valence-corrected chi connectivity index (χ4v) is 5.84. The second-order valence-electron chi connectivity index (χ2n) is 7.39. The smallest absolute Gasteiger partial charge is 0.242 e. The van der Waals surface area contributed by atoms with E-state index in [4.69, 9.17) is 5.73 Å². The van der Waals surface area contributed by atoms with E-state index in [1.807, 2.05) is 0 Å². The van der Waals surface area contributed by atoms with E-state index in [1.165, 1.54) is 24.8 Å². The van der Waals surface area contributed by atoms with Gasteiger partial charge in [0.1, 0.15) is 10.7 Å². The van der Waals surface area contributed by atoms with E-state index >= 15 is 0 Å². The first-order valence-corrected chi connectivity index (χ1v) is 8.87. The number of hydrogen-bond acceptors (Lipinski definition) is 4. The third-order valence-corrected chi connectivity index (χ3v) is 7.02. The largest absolute Gasteiger partial charge is 0.384 e. The lowest BCUT2D eigenvalue weighted by molar-refractivity contribution is 0.127. The van der Waals surface area contributed by atoms with Crippen LogP contribution in [0.2, 0.25) is 0 Å². The van der Waals surface area contributed by atoms with E-state index in [0.717, 1.165) is 12.8 Å². The molecule has 1 heterocycles. The normalized spacial score (nSPS) is 34.2. The number of pyridine rings is 1. The standard InChI is InChI=1S/C15H23N3O2S/c1-14(2)10-6-7-15(3,8-10)13(14)18-21(19,20)11-4-5-12(16)17-9-11/h4-5,9-10,13,18H,6-8H2,1-3H3,(H2,16,17). The molecule has 0 saturated heterocycles. The highest BCUT2D eigenvalue weighted by atomic mass is 32.2. The van der Waals surface area contributed by atoms with Crippen molar-refractivity contribution in [1.82, 2.24) is 9.71 Å². The Kier molecular flexibility index (Phi) is 3.12. The molecule has 3 rings (SSSR count). The second-order valence-corrected chi connectivity index (χ2v) is 9.10. The van der Waals surface area contributed by atoms with Crippen LogP contribution in [0, 0.1) is 16.7 Å². The summed E-state index contributed by atoms with van der Waals surface area (Å²) >= 11 is 0. The van der Waals surface area contributed by atoms with Crippen molar-refractivity contribution in [2.24, 2.45) is 16.7 Å². The van der Waals surface area contributed by atoms with Crippen LogP contribution in [-0.4, -0.2) is 19.4 Å². The van der Waals surface area contributed by atoms with Gasteiger partial charge in [-0.2, -0.15) is 0 Å². The first-order chi connectivity index (χ1) is 9.65. The van der Waals surface area contributed by atoms with Gasteiger partial charge < -0.3 is 5.73 Å². The Labute approximate surface area is 126 Å². The van der Waals surface area contributed by atoms with Crippen LogP contribution in [-0.2, 0) is 10.0 Å². The van der Waals surface area contributed by atoms with Crippen LogP contribution in [0.15, 0.2) is 23.2 Å². The zero-order valence-corrected chi connectivity index (χ0v) is 13.6. The summed E-state index contributed by atoms with van der Waals surface area (Å²) in [6, 6.07) is 2.99. The first-order valence-electron chi connectivity index (χ1n) is 7.39. The summed E-state index contributed by atoms with van der Waals surface area (Å²) in [5.74, 6) is 0.918. The summed E-state index contributed by atoms with van der Waals surface area (Å²) < 4.78 is 28.2. The molecule has 3 atom stereocenters. The van der Waals surface area contributed by atoms with Crippen molar-refractivity contribution in [1.29, 1.82) is 0 Å². The SMILES string of the molecule is CC12CCC(C1)C(C)(C)C2NS(=O)(=O)c1ccc(N)nc1. The quantitative estimate of drug-likeness (QED) is 0.896. The Hall–Kier alpha value is -1.14. The highest BCUT2D eigenvalue weighted by molar-refractivity contribution is 7.89. The summed E-state index contributed by atoms with van der Waals surface area (Å²) in [5.41, 5.74) is 5.57. The molecular weight excluding hydrogens is 286 g/mol. The summed E-state index contributed by atoms with van der Waals surface area (Å²) in [7, 11) is -3.56. The van der Waals surface area contributed by atoms with Gasteiger partial charge >= 0.3 is 0 Å². The molecule has 2 bridgehead atoms. The highest BCUT2D eigenvalue weighted by Gasteiger charge is 2.60. The van der Waals surface area contributed by atoms with E-state index in [1.54, 1.807) is 0 Å². The number of sulfonamides is 1. The van der Waals surface area contributed by atoms with Crippen LogP contribution in [0.4, 0.5) is 5.82 Å². The molecular formula is C15H23N3O2S. The van der Waals surface area contributed by atoms with E-state index in [-0.39, 0.29) is 21.8 Å². The fraction of sp³-hybridized carbons (Fsp3) is 0.667. The molecule has 1 aromatic heterocycles. The minimum Gasteiger partial charge on any atom is -0.384 e. The Bertz CT molecular complexity index is 649. The Morgan fingerprint density at radius 2 is 2.05 bits per heavy atom. The number of nitrogens with two attached hydrogens (primary N) is 1. The molecule has 5 nitrogen and oxygen atoms in total. The van der Waals surface area contributed by atoms with Crippen LogP contribution in [0.3, 0.4) is 0 Å². The summed E-state index contributed by atoms with van der Waals surface area (Å²) in [4.78, 5) is 4.06. The van der Waals surface area contributed by atoms with Crippen LogP contribution in [0.25, 0.3) is 0 Å². The number of nitrogens with one attached hydrogen (secondary N) is 1. The van der Waals surface area contributed by atoms with Crippen molar-refractivity contribution >= 4 is 15.8 Å². The Balaban J connectivity index is 1.91. The van der Waals surface area contributed by atoms with Crippen molar-refractivity contribution in [3.63, 3.8) is 0 Å². The molecule has 21 heavy (non-hydrogen) atoms. The molecule has 116 valence electrons. The summed E-state index contributed by atoms with van der Waals surface area (Å²) in [6.45, 7) is 6.56. The predicted octanol–water partition coefficient (Wildman–Crippen LogP) is 2.16. The van der Waals surface area contributed by atoms with Crippen LogP contribution in [0.1, 0.15) is 40.0 Å². The molecule has 0 aliphatic heterocycles. The third-order valence-electron chi connectivity index (χ3n) is 5.61. The lowest BCUT2D eigenvalue weighted by atomic mass is 9.69. The van der Waals surface area contributed by atoms with E-state index < -0.39 is 10.0 Å². The van der Waals surface area contributed by atoms with Gasteiger partial charge in [0.05, 0.1) is 0 Å². The average Bonchev–Trinajstić information content (AvgIpc) is 2.87. The van der Waals surface area contributed by atoms with Gasteiger partial charge in [-0.1, -0.05) is 20.8 Å². The number of anilines is 1. The maximum atomic E-state index is 12.6. The zero-order valence-electron chi connectivity index (χ0n) is 12.8. The minimum atomic E-state index is -3.56. The van der Waals surface area contributed by atoms with Gasteiger partial charge in [0.15, 0.2) is 0 Å². The van der Waals surface area contributed by atoms with Crippen LogP contribution < -0.4 is 10.5 Å². The van der Waals surface area contributed by atoms with Gasteiger partial charge in [0, 0.05) is 12.2 Å². The van der Waals surface area contributed by atoms with Crippen molar-refractivity contribution in [2.75, 3.05) is 5.73 Å². The van der Waals surface area contributed by atoms with Gasteiger partial charge in [0.25, 0.3) is 0 Å². The minimum absolute atomic E-state index is 0.0126. The first kappa shape index (κ1) is 14.8. The number of nitrogens with zero attached hydrogens (tertiary/aromatic N) is 1. The lowest BCUT2D eigenvalue weighted by Crippen LogP contribution is -2.52. The molecule has 2 saturated carbocycles. The third kappa shape index (κ3) is 2.25. The van der Waals surface area contributed by atoms with Crippen molar-refractivity contribution in [3.05, 3.63) is 18.3 Å². The van der Waals surface area contributed by atoms with E-state index in [9.17, 15) is 8.42 Å². The maximum Gasteiger partial charge on any atom is 0.242 e. The molecule has 0 amide bonds. The summed E-state index contributed by atoms with van der Waals surface area (Å²) in [5, 5.41) is 0. The molecule has 0 radical (unpaired) electrons. The van der Waals surface area contributed by atoms with Crippen molar-refractivity contribution < 1.29 is 8.42 Å². The number of nitrogen functional groups attached to an aromatic ring is 1. The van der Waals surface area contributed by atoms with Gasteiger partial charge in [-0.15, -0.1) is 0 Å². The molecule has 0 aromatic carbocycles. The zero-order chi connectivity index (χ0) is 15.5.